The van der Waals surface area contributed by atoms with Gasteiger partial charge in [-0.2, -0.15) is 4.99 Å². The molecule has 0 saturated carbocycles. The largest absolute Gasteiger partial charge is 1.00 e. The number of aliphatic hydroxyl groups is 1. The SMILES string of the molecule is CN(C)C(=N)N=C(N)N.O=C([O-])CO.[Na+]. The first-order valence-corrected chi connectivity index (χ1v) is 3.47. The van der Waals surface area contributed by atoms with Crippen molar-refractivity contribution in [3.63, 3.8) is 0 Å². The summed E-state index contributed by atoms with van der Waals surface area (Å²) < 4.78 is 0. The molecule has 0 spiro atoms. The van der Waals surface area contributed by atoms with Crippen molar-refractivity contribution >= 4 is 17.9 Å². The molecule has 0 amide bonds. The number of hydrogen-bond donors (Lipinski definition) is 4. The van der Waals surface area contributed by atoms with Crippen LogP contribution in [-0.4, -0.2) is 48.6 Å². The first-order chi connectivity index (χ1) is 6.31. The minimum Gasteiger partial charge on any atom is -0.548 e. The zero-order valence-corrected chi connectivity index (χ0v) is 11.0. The molecule has 82 valence electrons. The van der Waals surface area contributed by atoms with Crippen LogP contribution in [0, 0.1) is 5.41 Å². The van der Waals surface area contributed by atoms with Gasteiger partial charge in [0.2, 0.25) is 5.96 Å². The minimum absolute atomic E-state index is 0. The van der Waals surface area contributed by atoms with Gasteiger partial charge in [0, 0.05) is 14.1 Å². The van der Waals surface area contributed by atoms with E-state index >= 15 is 0 Å². The molecule has 0 aromatic carbocycles. The van der Waals surface area contributed by atoms with Crippen LogP contribution in [0.4, 0.5) is 0 Å². The molecular formula is C6H14N5NaO3. The van der Waals surface area contributed by atoms with Crippen molar-refractivity contribution < 1.29 is 44.6 Å². The zero-order valence-electron chi connectivity index (χ0n) is 9.02. The van der Waals surface area contributed by atoms with E-state index in [1.165, 1.54) is 4.90 Å². The maximum atomic E-state index is 9.01. The molecule has 0 saturated heterocycles. The van der Waals surface area contributed by atoms with Gasteiger partial charge in [0.15, 0.2) is 5.96 Å². The Morgan fingerprint density at radius 2 is 1.87 bits per heavy atom. The van der Waals surface area contributed by atoms with Crippen LogP contribution in [0.5, 0.6) is 0 Å². The van der Waals surface area contributed by atoms with Crippen LogP contribution < -0.4 is 46.1 Å². The summed E-state index contributed by atoms with van der Waals surface area (Å²) in [5.41, 5.74) is 9.98. The summed E-state index contributed by atoms with van der Waals surface area (Å²) in [4.78, 5) is 14.0. The predicted octanol–water partition coefficient (Wildman–Crippen LogP) is -6.51. The van der Waals surface area contributed by atoms with Crippen molar-refractivity contribution in [2.24, 2.45) is 16.5 Å². The van der Waals surface area contributed by atoms with Gasteiger partial charge in [-0.05, 0) is 0 Å². The molecule has 0 aromatic heterocycles. The van der Waals surface area contributed by atoms with Gasteiger partial charge in [-0.3, -0.25) is 5.41 Å². The summed E-state index contributed by atoms with van der Waals surface area (Å²) >= 11 is 0. The quantitative estimate of drug-likeness (QED) is 0.198. The standard InChI is InChI=1S/C4H11N5.C2H4O3.Na/c1-9(2)4(7)8-3(5)6;3-1-2(4)5;/h1-2H3,(H5,5,6,7,8);3H,1H2,(H,4,5);/q;;+1/p-1. The fourth-order valence-electron chi connectivity index (χ4n) is 0.222. The van der Waals surface area contributed by atoms with Crippen LogP contribution in [0.3, 0.4) is 0 Å². The second kappa shape index (κ2) is 11.2. The number of nitrogens with two attached hydrogens (primary N) is 2. The molecule has 0 radical (unpaired) electrons. The van der Waals surface area contributed by atoms with E-state index < -0.39 is 12.6 Å². The Hall–Kier alpha value is -0.830. The van der Waals surface area contributed by atoms with Gasteiger partial charge < -0.3 is 31.4 Å². The summed E-state index contributed by atoms with van der Waals surface area (Å²) in [6, 6.07) is 0. The van der Waals surface area contributed by atoms with Gasteiger partial charge in [0.1, 0.15) is 0 Å². The Kier molecular flexibility index (Phi) is 14.8. The van der Waals surface area contributed by atoms with Crippen LogP contribution >= 0.6 is 0 Å². The van der Waals surface area contributed by atoms with E-state index in [4.69, 9.17) is 31.9 Å². The van der Waals surface area contributed by atoms with E-state index in [0.717, 1.165) is 0 Å². The fraction of sp³-hybridized carbons (Fsp3) is 0.500. The Bertz CT molecular complexity index is 227. The average Bonchev–Trinajstić information content (AvgIpc) is 2.04. The van der Waals surface area contributed by atoms with Crippen molar-refractivity contribution in [3.8, 4) is 0 Å². The second-order valence-corrected chi connectivity index (χ2v) is 2.28. The summed E-state index contributed by atoms with van der Waals surface area (Å²) in [6.07, 6.45) is 0. The van der Waals surface area contributed by atoms with Crippen molar-refractivity contribution in [1.29, 1.82) is 5.41 Å². The molecule has 0 unspecified atom stereocenters. The molecule has 15 heavy (non-hydrogen) atoms. The van der Waals surface area contributed by atoms with Crippen LogP contribution in [0.25, 0.3) is 0 Å². The number of carbonyl (C=O) groups is 1. The number of rotatable bonds is 1. The summed E-state index contributed by atoms with van der Waals surface area (Å²) in [7, 11) is 3.38. The molecule has 0 aromatic rings. The van der Waals surface area contributed by atoms with E-state index in [-0.39, 0.29) is 41.5 Å². The van der Waals surface area contributed by atoms with Gasteiger partial charge in [-0.1, -0.05) is 0 Å². The van der Waals surface area contributed by atoms with Crippen molar-refractivity contribution in [1.82, 2.24) is 4.90 Å². The number of carbonyl (C=O) groups excluding carboxylic acids is 1. The topological polar surface area (TPSA) is 152 Å². The third kappa shape index (κ3) is 19.5. The van der Waals surface area contributed by atoms with Gasteiger partial charge in [-0.15, -0.1) is 0 Å². The molecule has 0 heterocycles. The number of aliphatic carboxylic acids is 1. The maximum Gasteiger partial charge on any atom is 1.00 e. The zero-order chi connectivity index (χ0) is 11.7. The Balaban J connectivity index is -0.000000208. The average molecular weight is 227 g/mol. The smallest absolute Gasteiger partial charge is 0.548 e. The second-order valence-electron chi connectivity index (χ2n) is 2.28. The summed E-state index contributed by atoms with van der Waals surface area (Å²) in [5.74, 6) is -1.48. The van der Waals surface area contributed by atoms with Gasteiger partial charge in [0.05, 0.1) is 12.6 Å². The number of hydrogen-bond acceptors (Lipinski definition) is 4. The number of nitrogens with zero attached hydrogens (tertiary/aromatic N) is 2. The van der Waals surface area contributed by atoms with Crippen molar-refractivity contribution in [2.45, 2.75) is 0 Å². The first-order valence-electron chi connectivity index (χ1n) is 3.47. The predicted molar refractivity (Wildman–Crippen MR) is 49.3 cm³/mol. The Labute approximate surface area is 110 Å². The number of carboxylic acids is 1. The number of guanidine groups is 2. The monoisotopic (exact) mass is 227 g/mol. The van der Waals surface area contributed by atoms with Crippen molar-refractivity contribution in [3.05, 3.63) is 0 Å². The molecule has 0 aliphatic rings. The summed E-state index contributed by atoms with van der Waals surface area (Å²) in [5, 5.41) is 23.5. The Morgan fingerprint density at radius 1 is 1.53 bits per heavy atom. The van der Waals surface area contributed by atoms with Crippen molar-refractivity contribution in [2.75, 3.05) is 20.7 Å². The normalized spacial score (nSPS) is 7.40. The number of carboxylic acid groups (broad SMARTS) is 1. The number of aliphatic hydroxyl groups excluding tert-OH is 1. The van der Waals surface area contributed by atoms with E-state index in [1.54, 1.807) is 14.1 Å². The number of aliphatic imine (C=N–C) groups is 1. The first kappa shape index (κ1) is 19.7. The van der Waals surface area contributed by atoms with Gasteiger partial charge in [-0.25, -0.2) is 0 Å². The molecule has 0 fully saturated rings. The minimum atomic E-state index is -1.44. The van der Waals surface area contributed by atoms with Crippen LogP contribution in [0.1, 0.15) is 0 Å². The molecule has 0 bridgehead atoms. The molecule has 6 N–H and O–H groups in total. The molecule has 0 aliphatic carbocycles. The molecule has 0 atom stereocenters. The van der Waals surface area contributed by atoms with Gasteiger partial charge >= 0.3 is 29.6 Å². The van der Waals surface area contributed by atoms with Crippen LogP contribution in [-0.2, 0) is 4.79 Å². The summed E-state index contributed by atoms with van der Waals surface area (Å²) in [6.45, 7) is -0.889. The fourth-order valence-corrected chi connectivity index (χ4v) is 0.222. The Morgan fingerprint density at radius 3 is 1.93 bits per heavy atom. The molecule has 9 heteroatoms. The number of nitrogens with one attached hydrogen (secondary N) is 1. The van der Waals surface area contributed by atoms with Crippen LogP contribution in [0.2, 0.25) is 0 Å². The third-order valence-corrected chi connectivity index (χ3v) is 0.788. The molecular weight excluding hydrogens is 213 g/mol. The van der Waals surface area contributed by atoms with E-state index in [0.29, 0.717) is 0 Å². The molecule has 8 nitrogen and oxygen atoms in total. The van der Waals surface area contributed by atoms with E-state index in [9.17, 15) is 0 Å². The van der Waals surface area contributed by atoms with E-state index in [2.05, 4.69) is 4.99 Å². The van der Waals surface area contributed by atoms with E-state index in [1.807, 2.05) is 0 Å². The maximum absolute atomic E-state index is 9.01. The van der Waals surface area contributed by atoms with Gasteiger partial charge in [0.25, 0.3) is 0 Å². The van der Waals surface area contributed by atoms with Crippen LogP contribution in [0.15, 0.2) is 4.99 Å². The molecule has 0 aliphatic heterocycles. The molecule has 0 rings (SSSR count). The third-order valence-electron chi connectivity index (χ3n) is 0.788.